The summed E-state index contributed by atoms with van der Waals surface area (Å²) in [6, 6.07) is 16.9. The van der Waals surface area contributed by atoms with Gasteiger partial charge in [0, 0.05) is 54.3 Å². The molecule has 4 aromatic rings. The summed E-state index contributed by atoms with van der Waals surface area (Å²) in [7, 11) is 0. The lowest BCUT2D eigenvalue weighted by molar-refractivity contribution is 0.0953. The number of hydrogen-bond acceptors (Lipinski definition) is 4. The zero-order valence-corrected chi connectivity index (χ0v) is 16.9. The summed E-state index contributed by atoms with van der Waals surface area (Å²) in [6.07, 6.45) is 10.4. The van der Waals surface area contributed by atoms with Gasteiger partial charge in [-0.25, -0.2) is 4.68 Å². The number of aromatic nitrogens is 4. The molecule has 3 aromatic heterocycles. The van der Waals surface area contributed by atoms with E-state index in [1.165, 1.54) is 0 Å². The molecule has 0 saturated carbocycles. The van der Waals surface area contributed by atoms with Crippen LogP contribution in [0.5, 0.6) is 0 Å². The van der Waals surface area contributed by atoms with Crippen molar-refractivity contribution >= 4 is 5.91 Å². The van der Waals surface area contributed by atoms with Gasteiger partial charge in [0.15, 0.2) is 0 Å². The van der Waals surface area contributed by atoms with Gasteiger partial charge in [-0.1, -0.05) is 17.9 Å². The van der Waals surface area contributed by atoms with E-state index in [0.717, 1.165) is 29.8 Å². The predicted octanol–water partition coefficient (Wildman–Crippen LogP) is 3.42. The average molecular weight is 407 g/mol. The summed E-state index contributed by atoms with van der Waals surface area (Å²) in [5.74, 6) is 6.14. The Hall–Kier alpha value is -4.24. The lowest BCUT2D eigenvalue weighted by Crippen LogP contribution is -2.25. The van der Waals surface area contributed by atoms with Gasteiger partial charge in [0.25, 0.3) is 5.91 Å². The van der Waals surface area contributed by atoms with Gasteiger partial charge in [-0.2, -0.15) is 5.10 Å². The molecule has 4 rings (SSSR count). The Balaban J connectivity index is 1.49. The van der Waals surface area contributed by atoms with E-state index in [4.69, 9.17) is 0 Å². The van der Waals surface area contributed by atoms with Gasteiger partial charge in [-0.3, -0.25) is 14.8 Å². The molecular weight excluding hydrogens is 386 g/mol. The Bertz CT molecular complexity index is 1190. The van der Waals surface area contributed by atoms with Gasteiger partial charge >= 0.3 is 0 Å². The molecule has 0 bridgehead atoms. The van der Waals surface area contributed by atoms with Crippen molar-refractivity contribution in [1.29, 1.82) is 0 Å². The van der Waals surface area contributed by atoms with E-state index in [1.807, 2.05) is 48.7 Å². The zero-order valence-electron chi connectivity index (χ0n) is 16.9. The smallest absolute Gasteiger partial charge is 0.251 e. The standard InChI is InChI=1S/C25H21N5O/c31-25(28-15-4-8-23-7-1-2-14-27-23)22-11-12-24(30-17-5-16-29-30)21(18-22)10-9-20-6-3-13-26-19-20/h1-3,5-7,11-14,16-19H,4,8,15H2,(H,28,31). The molecule has 6 nitrogen and oxygen atoms in total. The average Bonchev–Trinajstić information content (AvgIpc) is 3.36. The van der Waals surface area contributed by atoms with Gasteiger partial charge in [0.1, 0.15) is 0 Å². The van der Waals surface area contributed by atoms with Crippen LogP contribution in [0.25, 0.3) is 5.69 Å². The van der Waals surface area contributed by atoms with E-state index in [-0.39, 0.29) is 5.91 Å². The van der Waals surface area contributed by atoms with Crippen LogP contribution in [0.1, 0.15) is 33.6 Å². The lowest BCUT2D eigenvalue weighted by Gasteiger charge is -2.09. The summed E-state index contributed by atoms with van der Waals surface area (Å²) in [5.41, 5.74) is 3.91. The topological polar surface area (TPSA) is 72.7 Å². The first-order valence-corrected chi connectivity index (χ1v) is 10.0. The monoisotopic (exact) mass is 407 g/mol. The number of nitrogens with zero attached hydrogens (tertiary/aromatic N) is 4. The minimum absolute atomic E-state index is 0.127. The third-order valence-electron chi connectivity index (χ3n) is 4.63. The van der Waals surface area contributed by atoms with Gasteiger partial charge < -0.3 is 5.32 Å². The molecule has 1 N–H and O–H groups in total. The highest BCUT2D eigenvalue weighted by molar-refractivity contribution is 5.95. The third-order valence-corrected chi connectivity index (χ3v) is 4.63. The van der Waals surface area contributed by atoms with Crippen LogP contribution in [-0.2, 0) is 6.42 Å². The molecule has 152 valence electrons. The van der Waals surface area contributed by atoms with Crippen molar-refractivity contribution in [2.24, 2.45) is 0 Å². The molecule has 0 saturated heterocycles. The SMILES string of the molecule is O=C(NCCCc1ccccn1)c1ccc(-n2cccn2)c(C#Cc2cccnc2)c1. The highest BCUT2D eigenvalue weighted by atomic mass is 16.1. The van der Waals surface area contributed by atoms with Crippen molar-refractivity contribution in [2.45, 2.75) is 12.8 Å². The van der Waals surface area contributed by atoms with Gasteiger partial charge in [-0.05, 0) is 61.4 Å². The number of pyridine rings is 2. The molecule has 0 unspecified atom stereocenters. The fourth-order valence-corrected chi connectivity index (χ4v) is 3.08. The van der Waals surface area contributed by atoms with Crippen molar-refractivity contribution in [1.82, 2.24) is 25.1 Å². The van der Waals surface area contributed by atoms with Crippen molar-refractivity contribution in [3.8, 4) is 17.5 Å². The molecule has 31 heavy (non-hydrogen) atoms. The maximum atomic E-state index is 12.7. The minimum Gasteiger partial charge on any atom is -0.352 e. The Kier molecular flexibility index (Phi) is 6.46. The van der Waals surface area contributed by atoms with E-state index in [9.17, 15) is 4.79 Å². The lowest BCUT2D eigenvalue weighted by atomic mass is 10.1. The van der Waals surface area contributed by atoms with Crippen molar-refractivity contribution in [2.75, 3.05) is 6.54 Å². The molecular formula is C25H21N5O. The van der Waals surface area contributed by atoms with E-state index < -0.39 is 0 Å². The zero-order chi connectivity index (χ0) is 21.3. The number of carbonyl (C=O) groups excluding carboxylic acids is 1. The van der Waals surface area contributed by atoms with Crippen LogP contribution in [0.15, 0.2) is 85.6 Å². The first-order chi connectivity index (χ1) is 15.3. The second kappa shape index (κ2) is 9.99. The first-order valence-electron chi connectivity index (χ1n) is 10.0. The number of nitrogens with one attached hydrogen (secondary N) is 1. The second-order valence-electron chi connectivity index (χ2n) is 6.85. The molecule has 3 heterocycles. The van der Waals surface area contributed by atoms with Crippen LogP contribution in [-0.4, -0.2) is 32.2 Å². The molecule has 0 radical (unpaired) electrons. The van der Waals surface area contributed by atoms with Gasteiger partial charge in [0.05, 0.1) is 11.3 Å². The van der Waals surface area contributed by atoms with Crippen molar-refractivity contribution in [3.05, 3.63) is 108 Å². The number of aryl methyl sites for hydroxylation is 1. The molecule has 0 fully saturated rings. The fourth-order valence-electron chi connectivity index (χ4n) is 3.08. The molecule has 0 aliphatic rings. The summed E-state index contributed by atoms with van der Waals surface area (Å²) in [5, 5.41) is 7.27. The highest BCUT2D eigenvalue weighted by Crippen LogP contribution is 2.16. The van der Waals surface area contributed by atoms with Crippen molar-refractivity contribution < 1.29 is 4.79 Å². The number of benzene rings is 1. The van der Waals surface area contributed by atoms with E-state index in [1.54, 1.807) is 41.6 Å². The summed E-state index contributed by atoms with van der Waals surface area (Å²) in [6.45, 7) is 0.576. The molecule has 0 spiro atoms. The molecule has 0 aliphatic carbocycles. The van der Waals surface area contributed by atoms with Gasteiger partial charge in [-0.15, -0.1) is 0 Å². The Morgan fingerprint density at radius 2 is 1.97 bits per heavy atom. The quantitative estimate of drug-likeness (QED) is 0.393. The third kappa shape index (κ3) is 5.43. The molecule has 6 heteroatoms. The Morgan fingerprint density at radius 3 is 2.74 bits per heavy atom. The normalized spacial score (nSPS) is 10.2. The van der Waals surface area contributed by atoms with Crippen LogP contribution >= 0.6 is 0 Å². The largest absolute Gasteiger partial charge is 0.352 e. The molecule has 1 amide bonds. The first kappa shape index (κ1) is 20.0. The summed E-state index contributed by atoms with van der Waals surface area (Å²) >= 11 is 0. The van der Waals surface area contributed by atoms with Crippen LogP contribution in [0, 0.1) is 11.8 Å². The summed E-state index contributed by atoms with van der Waals surface area (Å²) in [4.78, 5) is 21.1. The number of hydrogen-bond donors (Lipinski definition) is 1. The van der Waals surface area contributed by atoms with E-state index in [2.05, 4.69) is 32.2 Å². The molecule has 0 aliphatic heterocycles. The van der Waals surface area contributed by atoms with Crippen LogP contribution in [0.4, 0.5) is 0 Å². The Labute approximate surface area is 181 Å². The van der Waals surface area contributed by atoms with E-state index in [0.29, 0.717) is 17.7 Å². The fraction of sp³-hybridized carbons (Fsp3) is 0.120. The Morgan fingerprint density at radius 1 is 1.00 bits per heavy atom. The highest BCUT2D eigenvalue weighted by Gasteiger charge is 2.10. The maximum Gasteiger partial charge on any atom is 0.251 e. The number of carbonyl (C=O) groups is 1. The van der Waals surface area contributed by atoms with Crippen LogP contribution in [0.2, 0.25) is 0 Å². The predicted molar refractivity (Wildman–Crippen MR) is 119 cm³/mol. The van der Waals surface area contributed by atoms with Gasteiger partial charge in [0.2, 0.25) is 0 Å². The molecule has 0 atom stereocenters. The molecule has 1 aromatic carbocycles. The van der Waals surface area contributed by atoms with Crippen LogP contribution < -0.4 is 5.32 Å². The number of rotatable bonds is 6. The van der Waals surface area contributed by atoms with E-state index >= 15 is 0 Å². The number of amides is 1. The second-order valence-corrected chi connectivity index (χ2v) is 6.85. The van der Waals surface area contributed by atoms with Crippen molar-refractivity contribution in [3.63, 3.8) is 0 Å². The summed E-state index contributed by atoms with van der Waals surface area (Å²) < 4.78 is 1.74. The maximum absolute atomic E-state index is 12.7. The minimum atomic E-state index is -0.127. The van der Waals surface area contributed by atoms with Crippen LogP contribution in [0.3, 0.4) is 0 Å².